The summed E-state index contributed by atoms with van der Waals surface area (Å²) in [5.74, 6) is -0.801. The first-order chi connectivity index (χ1) is 17.9. The van der Waals surface area contributed by atoms with Crippen molar-refractivity contribution >= 4 is 23.9 Å². The molecule has 1 atom stereocenters. The van der Waals surface area contributed by atoms with Gasteiger partial charge in [0.05, 0.1) is 6.42 Å². The second kappa shape index (κ2) is 14.4. The zero-order valence-electron chi connectivity index (χ0n) is 23.7. The predicted octanol–water partition coefficient (Wildman–Crippen LogP) is 4.22. The smallest absolute Gasteiger partial charge is 0.331 e. The fourth-order valence-electron chi connectivity index (χ4n) is 3.71. The average Bonchev–Trinajstić information content (AvgIpc) is 3.33. The first-order valence-corrected chi connectivity index (χ1v) is 13.2. The Morgan fingerprint density at radius 3 is 2.26 bits per heavy atom. The molecule has 1 aromatic carbocycles. The summed E-state index contributed by atoms with van der Waals surface area (Å²) in [5, 5.41) is 16.3. The first kappa shape index (κ1) is 30.7. The second-order valence-corrected chi connectivity index (χ2v) is 11.1. The number of amides is 2. The molecule has 0 saturated carbocycles. The van der Waals surface area contributed by atoms with Crippen molar-refractivity contribution in [1.82, 2.24) is 30.6 Å². The normalized spacial score (nSPS) is 12.7. The van der Waals surface area contributed by atoms with Crippen LogP contribution >= 0.6 is 0 Å². The molecule has 0 spiro atoms. The van der Waals surface area contributed by atoms with Crippen LogP contribution in [0.3, 0.4) is 0 Å². The first-order valence-electron chi connectivity index (χ1n) is 13.2. The number of carbonyl (C=O) groups is 3. The van der Waals surface area contributed by atoms with E-state index in [0.717, 1.165) is 5.56 Å². The van der Waals surface area contributed by atoms with E-state index < -0.39 is 23.5 Å². The molecule has 2 rings (SSSR count). The van der Waals surface area contributed by atoms with Crippen LogP contribution in [0.1, 0.15) is 79.1 Å². The topological polar surface area (TPSA) is 121 Å². The van der Waals surface area contributed by atoms with Crippen LogP contribution in [-0.4, -0.2) is 66.6 Å². The molecule has 2 amide bonds. The van der Waals surface area contributed by atoms with Gasteiger partial charge in [-0.1, -0.05) is 75.4 Å². The summed E-state index contributed by atoms with van der Waals surface area (Å²) in [4.78, 5) is 40.9. The summed E-state index contributed by atoms with van der Waals surface area (Å²) in [7, 11) is 0. The van der Waals surface area contributed by atoms with E-state index >= 15 is 0 Å². The minimum absolute atomic E-state index is 0.0174. The average molecular weight is 527 g/mol. The highest BCUT2D eigenvalue weighted by molar-refractivity contribution is 5.88. The van der Waals surface area contributed by atoms with Crippen molar-refractivity contribution < 1.29 is 19.1 Å². The maximum absolute atomic E-state index is 13.8. The highest BCUT2D eigenvalue weighted by Gasteiger charge is 2.38. The van der Waals surface area contributed by atoms with Crippen molar-refractivity contribution in [2.75, 3.05) is 6.54 Å². The lowest BCUT2D eigenvalue weighted by Gasteiger charge is -2.40. The Hall–Kier alpha value is -3.56. The fraction of sp³-hybridized carbons (Fsp3) is 0.571. The maximum Gasteiger partial charge on any atom is 0.331 e. The van der Waals surface area contributed by atoms with Gasteiger partial charge in [-0.15, -0.1) is 10.2 Å². The van der Waals surface area contributed by atoms with Crippen molar-refractivity contribution in [2.24, 2.45) is 11.8 Å². The monoisotopic (exact) mass is 526 g/mol. The van der Waals surface area contributed by atoms with Gasteiger partial charge in [-0.25, -0.2) is 9.80 Å². The number of H-pyrrole nitrogens is 1. The molecule has 0 bridgehead atoms. The molecule has 10 heteroatoms. The number of aromatic amines is 1. The Morgan fingerprint density at radius 2 is 1.71 bits per heavy atom. The molecule has 1 heterocycles. The molecule has 0 fully saturated rings. The SMILES string of the molecule is CC(C)CCC(=O)N([C@@H](CC=Cc1ccccc1)C(=O)OC(C)(C)C)N(CC(C)C)C(=O)Cc1nn[nH]n1. The van der Waals surface area contributed by atoms with E-state index in [2.05, 4.69) is 20.6 Å². The van der Waals surface area contributed by atoms with Crippen LogP contribution in [0.4, 0.5) is 0 Å². The summed E-state index contributed by atoms with van der Waals surface area (Å²) in [6, 6.07) is 8.63. The quantitative estimate of drug-likeness (QED) is 0.325. The van der Waals surface area contributed by atoms with Crippen LogP contribution < -0.4 is 0 Å². The largest absolute Gasteiger partial charge is 0.458 e. The lowest BCUT2D eigenvalue weighted by molar-refractivity contribution is -0.184. The molecule has 0 unspecified atom stereocenters. The van der Waals surface area contributed by atoms with Gasteiger partial charge in [0.2, 0.25) is 11.8 Å². The number of benzene rings is 1. The van der Waals surface area contributed by atoms with E-state index in [9.17, 15) is 14.4 Å². The molecular formula is C28H42N6O4. The van der Waals surface area contributed by atoms with Crippen molar-refractivity contribution in [3.63, 3.8) is 0 Å². The molecule has 10 nitrogen and oxygen atoms in total. The molecule has 0 radical (unpaired) electrons. The molecule has 38 heavy (non-hydrogen) atoms. The number of ether oxygens (including phenoxy) is 1. The fourth-order valence-corrected chi connectivity index (χ4v) is 3.71. The van der Waals surface area contributed by atoms with Crippen molar-refractivity contribution in [2.45, 2.75) is 85.8 Å². The van der Waals surface area contributed by atoms with Crippen LogP contribution in [-0.2, 0) is 25.5 Å². The van der Waals surface area contributed by atoms with Gasteiger partial charge in [-0.2, -0.15) is 5.21 Å². The third-order valence-electron chi connectivity index (χ3n) is 5.42. The minimum atomic E-state index is -1.04. The number of hydrogen-bond donors (Lipinski definition) is 1. The number of rotatable bonds is 12. The highest BCUT2D eigenvalue weighted by Crippen LogP contribution is 2.21. The Morgan fingerprint density at radius 1 is 1.03 bits per heavy atom. The van der Waals surface area contributed by atoms with Crippen molar-refractivity contribution in [3.8, 4) is 0 Å². The zero-order valence-corrected chi connectivity index (χ0v) is 23.7. The van der Waals surface area contributed by atoms with Crippen LogP contribution in [0.2, 0.25) is 0 Å². The van der Waals surface area contributed by atoms with Gasteiger partial charge < -0.3 is 4.74 Å². The molecule has 0 saturated heterocycles. The van der Waals surface area contributed by atoms with Gasteiger partial charge in [-0.05, 0) is 51.0 Å². The van der Waals surface area contributed by atoms with E-state index in [1.165, 1.54) is 10.0 Å². The molecule has 1 N–H and O–H groups in total. The van der Waals surface area contributed by atoms with E-state index in [-0.39, 0.29) is 49.4 Å². The second-order valence-electron chi connectivity index (χ2n) is 11.1. The number of aromatic nitrogens is 4. The summed E-state index contributed by atoms with van der Waals surface area (Å²) in [6.45, 7) is 13.5. The molecule has 2 aromatic rings. The van der Waals surface area contributed by atoms with Gasteiger partial charge in [0.15, 0.2) is 11.9 Å². The Kier molecular flexibility index (Phi) is 11.6. The van der Waals surface area contributed by atoms with E-state index in [1.807, 2.05) is 70.2 Å². The number of carbonyl (C=O) groups excluding carboxylic acids is 3. The maximum atomic E-state index is 13.8. The van der Waals surface area contributed by atoms with Gasteiger partial charge in [0, 0.05) is 13.0 Å². The van der Waals surface area contributed by atoms with Crippen LogP contribution in [0.5, 0.6) is 0 Å². The number of hydrogen-bond acceptors (Lipinski definition) is 7. The molecule has 0 aliphatic carbocycles. The molecule has 208 valence electrons. The Balaban J connectivity index is 2.52. The van der Waals surface area contributed by atoms with Gasteiger partial charge in [0.25, 0.3) is 0 Å². The number of esters is 1. The zero-order chi connectivity index (χ0) is 28.3. The van der Waals surface area contributed by atoms with Crippen LogP contribution in [0, 0.1) is 11.8 Å². The summed E-state index contributed by atoms with van der Waals surface area (Å²) >= 11 is 0. The van der Waals surface area contributed by atoms with Gasteiger partial charge in [-0.3, -0.25) is 14.6 Å². The third-order valence-corrected chi connectivity index (χ3v) is 5.42. The lowest BCUT2D eigenvalue weighted by atomic mass is 10.1. The minimum Gasteiger partial charge on any atom is -0.458 e. The Bertz CT molecular complexity index is 1050. The molecular weight excluding hydrogens is 484 g/mol. The van der Waals surface area contributed by atoms with Crippen LogP contribution in [0.25, 0.3) is 6.08 Å². The summed E-state index contributed by atoms with van der Waals surface area (Å²) in [5.41, 5.74) is 0.183. The van der Waals surface area contributed by atoms with Crippen LogP contribution in [0.15, 0.2) is 36.4 Å². The van der Waals surface area contributed by atoms with Crippen molar-refractivity contribution in [3.05, 3.63) is 47.8 Å². The summed E-state index contributed by atoms with van der Waals surface area (Å²) < 4.78 is 5.76. The van der Waals surface area contributed by atoms with Gasteiger partial charge in [0.1, 0.15) is 5.60 Å². The van der Waals surface area contributed by atoms with Crippen molar-refractivity contribution in [1.29, 1.82) is 0 Å². The highest BCUT2D eigenvalue weighted by atomic mass is 16.6. The van der Waals surface area contributed by atoms with Gasteiger partial charge >= 0.3 is 5.97 Å². The number of hydrazine groups is 1. The number of tetrazole rings is 1. The van der Waals surface area contributed by atoms with E-state index in [1.54, 1.807) is 20.8 Å². The molecule has 0 aliphatic heterocycles. The van der Waals surface area contributed by atoms with E-state index in [4.69, 9.17) is 4.74 Å². The molecule has 1 aromatic heterocycles. The summed E-state index contributed by atoms with van der Waals surface area (Å²) in [6.07, 6.45) is 4.53. The number of nitrogens with one attached hydrogen (secondary N) is 1. The third kappa shape index (κ3) is 10.4. The standard InChI is InChI=1S/C28H42N6O4/c1-20(2)16-17-25(35)34(33(19-21(3)4)26(36)18-24-29-31-32-30-24)23(27(37)38-28(5,6)7)15-11-14-22-12-9-8-10-13-22/h8-14,20-21,23H,15-19H2,1-7H3,(H,29,30,31,32)/t23-/m0/s1. The number of nitrogens with zero attached hydrogens (tertiary/aromatic N) is 5. The predicted molar refractivity (Wildman–Crippen MR) is 145 cm³/mol. The van der Waals surface area contributed by atoms with E-state index in [0.29, 0.717) is 6.42 Å². The Labute approximate surface area is 225 Å². The lowest BCUT2D eigenvalue weighted by Crippen LogP contribution is -2.59. The molecule has 0 aliphatic rings.